The van der Waals surface area contributed by atoms with Gasteiger partial charge in [0, 0.05) is 13.1 Å². The first-order valence-corrected chi connectivity index (χ1v) is 9.58. The van der Waals surface area contributed by atoms with Crippen molar-refractivity contribution in [2.45, 2.75) is 64.5 Å². The number of aliphatic imine (C=N–C) groups is 1. The number of amides is 2. The average molecular weight is 357 g/mol. The van der Waals surface area contributed by atoms with E-state index in [1.54, 1.807) is 9.80 Å². The summed E-state index contributed by atoms with van der Waals surface area (Å²) < 4.78 is 0. The molecule has 2 N–H and O–H groups in total. The number of allylic oxidation sites excluding steroid dienone is 1. The lowest BCUT2D eigenvalue weighted by Gasteiger charge is -2.37. The van der Waals surface area contributed by atoms with Crippen LogP contribution >= 0.6 is 0 Å². The van der Waals surface area contributed by atoms with Crippen LogP contribution in [0.4, 0.5) is 10.6 Å². The van der Waals surface area contributed by atoms with E-state index in [-0.39, 0.29) is 12.1 Å². The molecule has 4 rings (SSSR count). The minimum atomic E-state index is -0.639. The quantitative estimate of drug-likeness (QED) is 0.872. The first-order valence-electron chi connectivity index (χ1n) is 9.58. The van der Waals surface area contributed by atoms with Crippen LogP contribution in [-0.2, 0) is 0 Å². The maximum atomic E-state index is 13.0. The molecule has 3 heterocycles. The maximum absolute atomic E-state index is 13.0. The Kier molecular flexibility index (Phi) is 4.14. The van der Waals surface area contributed by atoms with E-state index in [2.05, 4.69) is 24.9 Å². The SMILES string of the molecule is CCCN1C(=O)N2CCC(C)N=C2c2[nH]c(C3=CCC(C)(O)CC3)nc21. The minimum Gasteiger partial charge on any atom is -0.390 e. The van der Waals surface area contributed by atoms with Crippen molar-refractivity contribution < 1.29 is 9.90 Å². The summed E-state index contributed by atoms with van der Waals surface area (Å²) in [5.74, 6) is 2.20. The van der Waals surface area contributed by atoms with Gasteiger partial charge in [-0.1, -0.05) is 13.0 Å². The number of aromatic amines is 1. The van der Waals surface area contributed by atoms with Crippen LogP contribution < -0.4 is 4.90 Å². The molecule has 7 nitrogen and oxygen atoms in total. The molecule has 26 heavy (non-hydrogen) atoms. The molecule has 2 amide bonds. The van der Waals surface area contributed by atoms with Gasteiger partial charge in [0.15, 0.2) is 11.7 Å². The number of anilines is 1. The van der Waals surface area contributed by atoms with Gasteiger partial charge in [0.2, 0.25) is 0 Å². The minimum absolute atomic E-state index is 0.0244. The molecule has 1 aliphatic carbocycles. The number of carbonyl (C=O) groups is 1. The molecule has 2 aliphatic heterocycles. The Hall–Kier alpha value is -2.15. The largest absolute Gasteiger partial charge is 0.390 e. The Balaban J connectivity index is 1.77. The van der Waals surface area contributed by atoms with Crippen LogP contribution in [0, 0.1) is 0 Å². The Morgan fingerprint density at radius 1 is 1.46 bits per heavy atom. The summed E-state index contributed by atoms with van der Waals surface area (Å²) in [6.07, 6.45) is 5.92. The topological polar surface area (TPSA) is 84.8 Å². The van der Waals surface area contributed by atoms with Gasteiger partial charge in [-0.2, -0.15) is 0 Å². The number of amidine groups is 1. The van der Waals surface area contributed by atoms with E-state index >= 15 is 0 Å². The van der Waals surface area contributed by atoms with E-state index in [9.17, 15) is 9.90 Å². The molecule has 7 heteroatoms. The highest BCUT2D eigenvalue weighted by Gasteiger charge is 2.40. The fraction of sp³-hybridized carbons (Fsp3) is 0.632. The lowest BCUT2D eigenvalue weighted by atomic mass is 9.87. The summed E-state index contributed by atoms with van der Waals surface area (Å²) in [6.45, 7) is 7.34. The molecule has 1 aromatic rings. The molecule has 2 atom stereocenters. The number of rotatable bonds is 3. The third-order valence-electron chi connectivity index (χ3n) is 5.47. The van der Waals surface area contributed by atoms with Gasteiger partial charge in [-0.15, -0.1) is 0 Å². The number of aromatic nitrogens is 2. The van der Waals surface area contributed by atoms with Crippen LogP contribution in [0.25, 0.3) is 5.57 Å². The van der Waals surface area contributed by atoms with Gasteiger partial charge in [-0.3, -0.25) is 14.8 Å². The second-order valence-corrected chi connectivity index (χ2v) is 7.89. The number of nitrogens with zero attached hydrogens (tertiary/aromatic N) is 4. The summed E-state index contributed by atoms with van der Waals surface area (Å²) in [4.78, 5) is 29.5. The van der Waals surface area contributed by atoms with Crippen molar-refractivity contribution in [1.82, 2.24) is 14.9 Å². The highest BCUT2D eigenvalue weighted by molar-refractivity contribution is 6.18. The first kappa shape index (κ1) is 17.3. The molecular formula is C19H27N5O2. The number of hydrogen-bond acceptors (Lipinski definition) is 4. The van der Waals surface area contributed by atoms with Crippen molar-refractivity contribution in [2.75, 3.05) is 18.0 Å². The zero-order valence-corrected chi connectivity index (χ0v) is 15.7. The number of nitrogens with one attached hydrogen (secondary N) is 1. The molecule has 0 spiro atoms. The van der Waals surface area contributed by atoms with Gasteiger partial charge in [-0.05, 0) is 51.5 Å². The summed E-state index contributed by atoms with van der Waals surface area (Å²) in [5.41, 5.74) is 1.31. The predicted molar refractivity (Wildman–Crippen MR) is 101 cm³/mol. The monoisotopic (exact) mass is 357 g/mol. The number of carbonyl (C=O) groups excluding carboxylic acids is 1. The normalized spacial score (nSPS) is 28.5. The van der Waals surface area contributed by atoms with E-state index < -0.39 is 5.60 Å². The number of imidazole rings is 1. The summed E-state index contributed by atoms with van der Waals surface area (Å²) in [5, 5.41) is 10.2. The van der Waals surface area contributed by atoms with Gasteiger partial charge in [-0.25, -0.2) is 9.78 Å². The fourth-order valence-corrected chi connectivity index (χ4v) is 3.85. The van der Waals surface area contributed by atoms with E-state index in [1.807, 2.05) is 6.92 Å². The molecule has 0 saturated carbocycles. The van der Waals surface area contributed by atoms with E-state index in [0.29, 0.717) is 31.7 Å². The molecule has 3 aliphatic rings. The van der Waals surface area contributed by atoms with Gasteiger partial charge in [0.25, 0.3) is 0 Å². The van der Waals surface area contributed by atoms with Crippen molar-refractivity contribution in [3.63, 3.8) is 0 Å². The van der Waals surface area contributed by atoms with Crippen LogP contribution in [0.5, 0.6) is 0 Å². The smallest absolute Gasteiger partial charge is 0.331 e. The van der Waals surface area contributed by atoms with E-state index in [1.165, 1.54) is 0 Å². The van der Waals surface area contributed by atoms with Crippen LogP contribution in [-0.4, -0.2) is 56.6 Å². The van der Waals surface area contributed by atoms with Crippen LogP contribution in [0.3, 0.4) is 0 Å². The van der Waals surface area contributed by atoms with Crippen molar-refractivity contribution in [3.8, 4) is 0 Å². The van der Waals surface area contributed by atoms with Crippen LogP contribution in [0.2, 0.25) is 0 Å². The lowest BCUT2D eigenvalue weighted by molar-refractivity contribution is 0.0523. The van der Waals surface area contributed by atoms with E-state index in [4.69, 9.17) is 9.98 Å². The van der Waals surface area contributed by atoms with Crippen LogP contribution in [0.15, 0.2) is 11.1 Å². The van der Waals surface area contributed by atoms with Crippen molar-refractivity contribution >= 4 is 23.3 Å². The molecule has 0 aromatic carbocycles. The third kappa shape index (κ3) is 2.84. The van der Waals surface area contributed by atoms with Crippen molar-refractivity contribution in [1.29, 1.82) is 0 Å². The Morgan fingerprint density at radius 3 is 2.96 bits per heavy atom. The Morgan fingerprint density at radius 2 is 2.27 bits per heavy atom. The second-order valence-electron chi connectivity index (χ2n) is 7.89. The lowest BCUT2D eigenvalue weighted by Crippen LogP contribution is -2.54. The maximum Gasteiger partial charge on any atom is 0.331 e. The zero-order chi connectivity index (χ0) is 18.5. The molecular weight excluding hydrogens is 330 g/mol. The molecule has 0 fully saturated rings. The number of aliphatic hydroxyl groups is 1. The van der Waals surface area contributed by atoms with Crippen molar-refractivity contribution in [2.24, 2.45) is 4.99 Å². The standard InChI is InChI=1S/C19H27N5O2/c1-4-10-23-17-14(16-20-12(2)7-11-24(16)18(23)25)21-15(22-17)13-5-8-19(3,26)9-6-13/h5,12,26H,4,6-11H2,1-3H3,(H,21,22). The average Bonchev–Trinajstić information content (AvgIpc) is 3.03. The zero-order valence-electron chi connectivity index (χ0n) is 15.7. The highest BCUT2D eigenvalue weighted by atomic mass is 16.3. The Bertz CT molecular complexity index is 792. The van der Waals surface area contributed by atoms with Gasteiger partial charge in [0.05, 0.1) is 11.6 Å². The van der Waals surface area contributed by atoms with Gasteiger partial charge >= 0.3 is 6.03 Å². The summed E-state index contributed by atoms with van der Waals surface area (Å²) >= 11 is 0. The first-order chi connectivity index (χ1) is 12.4. The van der Waals surface area contributed by atoms with Gasteiger partial charge in [0.1, 0.15) is 11.5 Å². The highest BCUT2D eigenvalue weighted by Crippen LogP contribution is 2.35. The number of H-pyrrole nitrogens is 1. The van der Waals surface area contributed by atoms with E-state index in [0.717, 1.165) is 42.2 Å². The second kappa shape index (κ2) is 6.23. The van der Waals surface area contributed by atoms with Crippen LogP contribution in [0.1, 0.15) is 64.4 Å². The predicted octanol–water partition coefficient (Wildman–Crippen LogP) is 2.92. The molecule has 140 valence electrons. The summed E-state index contributed by atoms with van der Waals surface area (Å²) in [7, 11) is 0. The molecule has 2 unspecified atom stereocenters. The van der Waals surface area contributed by atoms with Gasteiger partial charge < -0.3 is 10.1 Å². The number of hydrogen-bond donors (Lipinski definition) is 2. The Labute approximate surface area is 153 Å². The molecule has 1 aromatic heterocycles. The summed E-state index contributed by atoms with van der Waals surface area (Å²) in [6, 6.07) is 0.180. The molecule has 0 bridgehead atoms. The molecule has 0 radical (unpaired) electrons. The number of fused-ring (bicyclic) bond motifs is 3. The third-order valence-corrected chi connectivity index (χ3v) is 5.47. The number of urea groups is 1. The fourth-order valence-electron chi connectivity index (χ4n) is 3.85. The molecule has 0 saturated heterocycles. The van der Waals surface area contributed by atoms with Crippen molar-refractivity contribution in [3.05, 3.63) is 17.6 Å².